The first-order valence-corrected chi connectivity index (χ1v) is 9.11. The third-order valence-electron chi connectivity index (χ3n) is 3.83. The highest BCUT2D eigenvalue weighted by Crippen LogP contribution is 2.54. The predicted octanol–water partition coefficient (Wildman–Crippen LogP) is 0.495. The lowest BCUT2D eigenvalue weighted by molar-refractivity contribution is -0.0308. The molecule has 0 aromatic carbocycles. The van der Waals surface area contributed by atoms with Gasteiger partial charge in [0.25, 0.3) is 5.56 Å². The van der Waals surface area contributed by atoms with Crippen LogP contribution in [0.5, 0.6) is 0 Å². The fraction of sp³-hybridized carbons (Fsp3) is 0.357. The number of rotatable bonds is 4. The van der Waals surface area contributed by atoms with Crippen LogP contribution >= 0.6 is 7.60 Å². The Labute approximate surface area is 150 Å². The predicted molar refractivity (Wildman–Crippen MR) is 89.6 cm³/mol. The first-order chi connectivity index (χ1) is 12.6. The van der Waals surface area contributed by atoms with E-state index < -0.39 is 31.0 Å². The molecule has 0 amide bonds. The quantitative estimate of drug-likeness (QED) is 0.328. The van der Waals surface area contributed by atoms with Gasteiger partial charge in [-0.1, -0.05) is 17.9 Å². The Balaban J connectivity index is 1.94. The molecule has 2 aromatic heterocycles. The molecule has 13 heteroatoms. The number of nitrogens with zero attached hydrogens (tertiary/aromatic N) is 3. The lowest BCUT2D eigenvalue weighted by Gasteiger charge is -2.26. The minimum absolute atomic E-state index is 0.00784. The fourth-order valence-electron chi connectivity index (χ4n) is 2.48. The smallest absolute Gasteiger partial charge is 0.369 e. The molecule has 0 aliphatic carbocycles. The number of aromatic amines is 1. The third-order valence-corrected chi connectivity index (χ3v) is 4.85. The Morgan fingerprint density at radius 3 is 2.85 bits per heavy atom. The second kappa shape index (κ2) is 6.54. The Morgan fingerprint density at radius 2 is 2.22 bits per heavy atom. The van der Waals surface area contributed by atoms with E-state index in [0.29, 0.717) is 0 Å². The van der Waals surface area contributed by atoms with Crippen LogP contribution in [0, 0.1) is 11.8 Å². The van der Waals surface area contributed by atoms with Crippen molar-refractivity contribution in [3.8, 4) is 11.8 Å². The zero-order valence-corrected chi connectivity index (χ0v) is 14.5. The van der Waals surface area contributed by atoms with Crippen molar-refractivity contribution in [2.45, 2.75) is 24.2 Å². The van der Waals surface area contributed by atoms with Crippen molar-refractivity contribution in [3.63, 3.8) is 0 Å². The molecule has 1 atom stereocenters. The number of hydrogen-bond acceptors (Lipinski definition) is 6. The van der Waals surface area contributed by atoms with Crippen LogP contribution in [0.3, 0.4) is 0 Å². The molecule has 10 nitrogen and oxygen atoms in total. The van der Waals surface area contributed by atoms with Crippen LogP contribution < -0.4 is 11.3 Å². The number of imidazole rings is 1. The van der Waals surface area contributed by atoms with Crippen molar-refractivity contribution in [2.24, 2.45) is 0 Å². The molecule has 0 spiro atoms. The van der Waals surface area contributed by atoms with Gasteiger partial charge in [0, 0.05) is 0 Å². The van der Waals surface area contributed by atoms with Crippen molar-refractivity contribution in [1.29, 1.82) is 0 Å². The Bertz CT molecular complexity index is 1080. The van der Waals surface area contributed by atoms with Gasteiger partial charge in [0.1, 0.15) is 0 Å². The summed E-state index contributed by atoms with van der Waals surface area (Å²) in [6, 6.07) is 0. The van der Waals surface area contributed by atoms with Crippen LogP contribution in [0.4, 0.5) is 14.7 Å². The monoisotopic (exact) mass is 401 g/mol. The summed E-state index contributed by atoms with van der Waals surface area (Å²) in [7, 11) is -5.60. The molecule has 27 heavy (non-hydrogen) atoms. The van der Waals surface area contributed by atoms with E-state index in [1.807, 2.05) is 0 Å². The summed E-state index contributed by atoms with van der Waals surface area (Å²) in [5.74, 6) is 4.36. The molecule has 1 aliphatic rings. The van der Waals surface area contributed by atoms with Gasteiger partial charge in [0.15, 0.2) is 16.9 Å². The number of ether oxygens (including phenoxy) is 1. The van der Waals surface area contributed by atoms with Crippen molar-refractivity contribution in [3.05, 3.63) is 28.8 Å². The summed E-state index contributed by atoms with van der Waals surface area (Å²) in [5, 5.41) is 0. The first-order valence-electron chi connectivity index (χ1n) is 7.50. The molecule has 0 saturated heterocycles. The van der Waals surface area contributed by atoms with Crippen LogP contribution in [0.25, 0.3) is 11.2 Å². The first kappa shape index (κ1) is 19.2. The number of alkyl halides is 2. The molecule has 144 valence electrons. The maximum absolute atomic E-state index is 13.3. The fourth-order valence-corrected chi connectivity index (χ4v) is 2.77. The van der Waals surface area contributed by atoms with E-state index in [1.54, 1.807) is 12.2 Å². The van der Waals surface area contributed by atoms with Gasteiger partial charge in [-0.15, -0.1) is 0 Å². The van der Waals surface area contributed by atoms with Crippen molar-refractivity contribution in [2.75, 3.05) is 12.3 Å². The normalized spacial score (nSPS) is 20.0. The van der Waals surface area contributed by atoms with Gasteiger partial charge in [-0.05, 0) is 6.08 Å². The van der Waals surface area contributed by atoms with Gasteiger partial charge in [0.2, 0.25) is 5.95 Å². The molecule has 0 fully saturated rings. The number of nitrogens with two attached hydrogens (primary N) is 1. The van der Waals surface area contributed by atoms with Gasteiger partial charge in [-0.25, -0.2) is 4.98 Å². The van der Waals surface area contributed by atoms with Crippen LogP contribution in [0.1, 0.15) is 12.8 Å². The average molecular weight is 401 g/mol. The number of aromatic nitrogens is 4. The number of fused-ring (bicyclic) bond motifs is 1. The molecule has 1 unspecified atom stereocenters. The SMILES string of the molecule is Nc1nc2c(ncn2C2(CC#CCC(F)(F)P(=O)(O)O)C=CCO2)c(=O)[nH]1. The molecule has 0 radical (unpaired) electrons. The Hall–Kier alpha value is -2.58. The summed E-state index contributed by atoms with van der Waals surface area (Å²) in [5.41, 5.74) is -0.395. The highest BCUT2D eigenvalue weighted by atomic mass is 31.2. The summed E-state index contributed by atoms with van der Waals surface area (Å²) in [4.78, 5) is 39.4. The minimum atomic E-state index is -5.60. The summed E-state index contributed by atoms with van der Waals surface area (Å²) < 4.78 is 44.4. The maximum atomic E-state index is 13.3. The van der Waals surface area contributed by atoms with Gasteiger partial charge in [-0.3, -0.25) is 18.9 Å². The number of anilines is 1. The molecular formula is C14H14F2N5O5P. The van der Waals surface area contributed by atoms with E-state index in [9.17, 15) is 18.1 Å². The molecule has 5 N–H and O–H groups in total. The van der Waals surface area contributed by atoms with Crippen LogP contribution in [0.2, 0.25) is 0 Å². The molecule has 0 saturated carbocycles. The molecule has 0 bridgehead atoms. The second-order valence-corrected chi connectivity index (χ2v) is 7.46. The third kappa shape index (κ3) is 3.50. The van der Waals surface area contributed by atoms with Crippen molar-refractivity contribution < 1.29 is 27.9 Å². The molecule has 3 rings (SSSR count). The summed E-state index contributed by atoms with van der Waals surface area (Å²) >= 11 is 0. The maximum Gasteiger partial charge on any atom is 0.395 e. The van der Waals surface area contributed by atoms with E-state index in [0.717, 1.165) is 0 Å². The lowest BCUT2D eigenvalue weighted by Crippen LogP contribution is -2.32. The topological polar surface area (TPSA) is 156 Å². The second-order valence-electron chi connectivity index (χ2n) is 5.71. The number of H-pyrrole nitrogens is 1. The summed E-state index contributed by atoms with van der Waals surface area (Å²) in [6.07, 6.45) is 3.08. The van der Waals surface area contributed by atoms with E-state index in [4.69, 9.17) is 20.3 Å². The highest BCUT2D eigenvalue weighted by Gasteiger charge is 2.47. The Morgan fingerprint density at radius 1 is 1.48 bits per heavy atom. The number of hydrogen-bond donors (Lipinski definition) is 4. The largest absolute Gasteiger partial charge is 0.395 e. The van der Waals surface area contributed by atoms with E-state index in [1.165, 1.54) is 10.9 Å². The van der Waals surface area contributed by atoms with Crippen LogP contribution in [-0.2, 0) is 15.0 Å². The number of nitrogens with one attached hydrogen (secondary N) is 1. The minimum Gasteiger partial charge on any atom is -0.369 e. The van der Waals surface area contributed by atoms with Crippen molar-refractivity contribution in [1.82, 2.24) is 19.5 Å². The van der Waals surface area contributed by atoms with Crippen LogP contribution in [0.15, 0.2) is 23.3 Å². The lowest BCUT2D eigenvalue weighted by atomic mass is 10.1. The summed E-state index contributed by atoms with van der Waals surface area (Å²) in [6.45, 7) is 0.193. The van der Waals surface area contributed by atoms with E-state index >= 15 is 0 Å². The van der Waals surface area contributed by atoms with Gasteiger partial charge in [-0.2, -0.15) is 13.8 Å². The number of nitrogen functional groups attached to an aromatic ring is 1. The highest BCUT2D eigenvalue weighted by molar-refractivity contribution is 7.53. The molecule has 3 heterocycles. The van der Waals surface area contributed by atoms with Gasteiger partial charge >= 0.3 is 13.3 Å². The van der Waals surface area contributed by atoms with Gasteiger partial charge < -0.3 is 20.3 Å². The van der Waals surface area contributed by atoms with E-state index in [-0.39, 0.29) is 30.1 Å². The van der Waals surface area contributed by atoms with E-state index in [2.05, 4.69) is 26.8 Å². The molecule has 1 aliphatic heterocycles. The van der Waals surface area contributed by atoms with Gasteiger partial charge in [0.05, 0.1) is 25.8 Å². The standard InChI is InChI=1S/C14H14F2N5O5P/c15-14(16,27(23,24)25)6-2-1-4-13(5-3-7-26-13)21-8-18-9-10(21)19-12(17)20-11(9)22/h3,5,8H,4,6-7H2,(H2,23,24,25)(H3,17,19,20,22). The van der Waals surface area contributed by atoms with Crippen LogP contribution in [-0.4, -0.2) is 41.6 Å². The zero-order chi connectivity index (χ0) is 19.9. The zero-order valence-electron chi connectivity index (χ0n) is 13.6. The molecule has 2 aromatic rings. The molecular weight excluding hydrogens is 387 g/mol. The number of halogens is 2. The van der Waals surface area contributed by atoms with Crippen molar-refractivity contribution >= 4 is 24.7 Å². The Kier molecular flexibility index (Phi) is 4.65. The average Bonchev–Trinajstić information content (AvgIpc) is 3.18.